The number of amides is 1. The Morgan fingerprint density at radius 3 is 2.70 bits per heavy atom. The van der Waals surface area contributed by atoms with Gasteiger partial charge in [0.05, 0.1) is 36.4 Å². The molecule has 1 aromatic heterocycles. The fraction of sp³-hybridized carbons (Fsp3) is 0.417. The highest BCUT2D eigenvalue weighted by molar-refractivity contribution is 7.22. The summed E-state index contributed by atoms with van der Waals surface area (Å²) in [6.07, 6.45) is 2.31. The molecular formula is C24H30N3O2S+. The number of carbonyl (C=O) groups is 1. The Morgan fingerprint density at radius 1 is 1.13 bits per heavy atom. The third kappa shape index (κ3) is 5.06. The first-order chi connectivity index (χ1) is 14.7. The lowest BCUT2D eigenvalue weighted by atomic mass is 10.1. The van der Waals surface area contributed by atoms with E-state index in [2.05, 4.69) is 25.1 Å². The van der Waals surface area contributed by atoms with Crippen molar-refractivity contribution in [2.75, 3.05) is 44.3 Å². The molecule has 30 heavy (non-hydrogen) atoms. The number of ether oxygens (including phenoxy) is 1. The highest BCUT2D eigenvalue weighted by Gasteiger charge is 2.22. The van der Waals surface area contributed by atoms with Crippen LogP contribution in [0.4, 0.5) is 5.13 Å². The summed E-state index contributed by atoms with van der Waals surface area (Å²) in [4.78, 5) is 21.7. The third-order valence-corrected chi connectivity index (χ3v) is 6.76. The number of morpholine rings is 1. The van der Waals surface area contributed by atoms with Crippen molar-refractivity contribution in [3.05, 3.63) is 59.7 Å². The molecule has 0 radical (unpaired) electrons. The number of nitrogens with zero attached hydrogens (tertiary/aromatic N) is 2. The number of carbonyl (C=O) groups excluding carboxylic acids is 1. The molecule has 2 aromatic carbocycles. The average molecular weight is 425 g/mol. The molecule has 2 heterocycles. The van der Waals surface area contributed by atoms with Gasteiger partial charge in [-0.25, -0.2) is 4.98 Å². The fourth-order valence-electron chi connectivity index (χ4n) is 3.98. The van der Waals surface area contributed by atoms with E-state index >= 15 is 0 Å². The molecule has 1 aliphatic rings. The van der Waals surface area contributed by atoms with E-state index in [-0.39, 0.29) is 5.91 Å². The molecule has 0 bridgehead atoms. The molecule has 0 saturated carbocycles. The van der Waals surface area contributed by atoms with Crippen molar-refractivity contribution in [3.8, 4) is 0 Å². The number of rotatable bonds is 8. The second-order valence-corrected chi connectivity index (χ2v) is 8.80. The number of aromatic nitrogens is 1. The smallest absolute Gasteiger partial charge is 0.233 e. The van der Waals surface area contributed by atoms with Crippen LogP contribution in [-0.4, -0.2) is 50.3 Å². The summed E-state index contributed by atoms with van der Waals surface area (Å²) in [6.45, 7) is 7.70. The van der Waals surface area contributed by atoms with Crippen LogP contribution in [-0.2, 0) is 22.4 Å². The maximum Gasteiger partial charge on any atom is 0.233 e. The topological polar surface area (TPSA) is 46.9 Å². The summed E-state index contributed by atoms with van der Waals surface area (Å²) < 4.78 is 6.62. The predicted octanol–water partition coefficient (Wildman–Crippen LogP) is 2.74. The van der Waals surface area contributed by atoms with Crippen LogP contribution in [0.2, 0.25) is 0 Å². The van der Waals surface area contributed by atoms with Gasteiger partial charge >= 0.3 is 0 Å². The Hall–Kier alpha value is -2.28. The summed E-state index contributed by atoms with van der Waals surface area (Å²) in [5, 5.41) is 0.823. The largest absolute Gasteiger partial charge is 0.370 e. The van der Waals surface area contributed by atoms with E-state index < -0.39 is 0 Å². The molecular weight excluding hydrogens is 394 g/mol. The summed E-state index contributed by atoms with van der Waals surface area (Å²) in [5.41, 5.74) is 3.32. The highest BCUT2D eigenvalue weighted by atomic mass is 32.1. The number of hydrogen-bond acceptors (Lipinski definition) is 4. The molecule has 4 rings (SSSR count). The van der Waals surface area contributed by atoms with Crippen LogP contribution in [0.5, 0.6) is 0 Å². The van der Waals surface area contributed by atoms with E-state index in [9.17, 15) is 4.79 Å². The standard InChI is InChI=1S/C24H29N3O2S/c1-2-20-10-6-11-21-23(20)25-24(30-21)27(13-7-12-26-14-16-29-17-15-26)22(28)18-19-8-4-3-5-9-19/h3-6,8-11H,2,7,12-18H2,1H3/p+1. The number of para-hydroxylation sites is 1. The second kappa shape index (κ2) is 10.2. The van der Waals surface area contributed by atoms with Gasteiger partial charge in [0.1, 0.15) is 13.1 Å². The molecule has 0 atom stereocenters. The van der Waals surface area contributed by atoms with Crippen molar-refractivity contribution < 1.29 is 14.4 Å². The Bertz CT molecular complexity index is 967. The predicted molar refractivity (Wildman–Crippen MR) is 122 cm³/mol. The van der Waals surface area contributed by atoms with Crippen LogP contribution in [0.15, 0.2) is 48.5 Å². The number of quaternary nitrogens is 1. The summed E-state index contributed by atoms with van der Waals surface area (Å²) in [6, 6.07) is 16.3. The molecule has 0 spiro atoms. The molecule has 6 heteroatoms. The molecule has 0 unspecified atom stereocenters. The van der Waals surface area contributed by atoms with E-state index in [1.54, 1.807) is 16.2 Å². The summed E-state index contributed by atoms with van der Waals surface area (Å²) >= 11 is 1.63. The third-order valence-electron chi connectivity index (χ3n) is 5.71. The van der Waals surface area contributed by atoms with E-state index in [0.29, 0.717) is 13.0 Å². The van der Waals surface area contributed by atoms with Crippen molar-refractivity contribution >= 4 is 32.6 Å². The van der Waals surface area contributed by atoms with Gasteiger partial charge in [-0.15, -0.1) is 0 Å². The molecule has 1 saturated heterocycles. The van der Waals surface area contributed by atoms with Crippen LogP contribution >= 0.6 is 11.3 Å². The van der Waals surface area contributed by atoms with Crippen molar-refractivity contribution in [2.24, 2.45) is 0 Å². The molecule has 5 nitrogen and oxygen atoms in total. The Balaban J connectivity index is 1.53. The van der Waals surface area contributed by atoms with Gasteiger partial charge in [0.15, 0.2) is 5.13 Å². The normalized spacial score (nSPS) is 14.8. The Kier molecular flexibility index (Phi) is 7.10. The van der Waals surface area contributed by atoms with Crippen molar-refractivity contribution in [2.45, 2.75) is 26.2 Å². The zero-order valence-electron chi connectivity index (χ0n) is 17.6. The first kappa shape index (κ1) is 21.0. The highest BCUT2D eigenvalue weighted by Crippen LogP contribution is 2.31. The fourth-order valence-corrected chi connectivity index (χ4v) is 5.04. The van der Waals surface area contributed by atoms with Crippen LogP contribution < -0.4 is 9.80 Å². The average Bonchev–Trinajstić information content (AvgIpc) is 3.22. The van der Waals surface area contributed by atoms with Crippen molar-refractivity contribution in [3.63, 3.8) is 0 Å². The lowest BCUT2D eigenvalue weighted by Crippen LogP contribution is -3.14. The minimum atomic E-state index is 0.121. The molecule has 1 amide bonds. The first-order valence-corrected chi connectivity index (χ1v) is 11.7. The van der Waals surface area contributed by atoms with Gasteiger partial charge in [-0.3, -0.25) is 9.69 Å². The Morgan fingerprint density at radius 2 is 1.93 bits per heavy atom. The SMILES string of the molecule is CCc1cccc2sc(N(CCC[NH+]3CCOCC3)C(=O)Cc3ccccc3)nc12. The number of anilines is 1. The Labute approximate surface area is 182 Å². The number of fused-ring (bicyclic) bond motifs is 1. The minimum Gasteiger partial charge on any atom is -0.370 e. The van der Waals surface area contributed by atoms with Crippen LogP contribution in [0.3, 0.4) is 0 Å². The van der Waals surface area contributed by atoms with Gasteiger partial charge in [-0.1, -0.05) is 60.7 Å². The molecule has 1 aliphatic heterocycles. The number of nitrogens with one attached hydrogen (secondary N) is 1. The monoisotopic (exact) mass is 424 g/mol. The van der Waals surface area contributed by atoms with Crippen LogP contribution in [0, 0.1) is 0 Å². The number of thiazole rings is 1. The lowest BCUT2D eigenvalue weighted by molar-refractivity contribution is -0.908. The molecule has 158 valence electrons. The van der Waals surface area contributed by atoms with Gasteiger partial charge < -0.3 is 9.64 Å². The van der Waals surface area contributed by atoms with E-state index in [4.69, 9.17) is 9.72 Å². The molecule has 1 N–H and O–H groups in total. The molecule has 0 aliphatic carbocycles. The van der Waals surface area contributed by atoms with Gasteiger partial charge in [-0.05, 0) is 23.6 Å². The summed E-state index contributed by atoms with van der Waals surface area (Å²) in [5.74, 6) is 0.121. The van der Waals surface area contributed by atoms with Gasteiger partial charge in [-0.2, -0.15) is 0 Å². The van der Waals surface area contributed by atoms with Crippen molar-refractivity contribution in [1.29, 1.82) is 0 Å². The quantitative estimate of drug-likeness (QED) is 0.605. The van der Waals surface area contributed by atoms with Crippen LogP contribution in [0.1, 0.15) is 24.5 Å². The van der Waals surface area contributed by atoms with Gasteiger partial charge in [0.25, 0.3) is 0 Å². The van der Waals surface area contributed by atoms with Gasteiger partial charge in [0.2, 0.25) is 5.91 Å². The summed E-state index contributed by atoms with van der Waals surface area (Å²) in [7, 11) is 0. The maximum absolute atomic E-state index is 13.3. The second-order valence-electron chi connectivity index (χ2n) is 7.79. The van der Waals surface area contributed by atoms with E-state index in [1.165, 1.54) is 5.56 Å². The first-order valence-electron chi connectivity index (χ1n) is 10.9. The number of hydrogen-bond donors (Lipinski definition) is 1. The number of benzene rings is 2. The van der Waals surface area contributed by atoms with Crippen molar-refractivity contribution in [1.82, 2.24) is 4.98 Å². The number of aryl methyl sites for hydroxylation is 1. The lowest BCUT2D eigenvalue weighted by Gasteiger charge is -2.25. The van der Waals surface area contributed by atoms with E-state index in [1.807, 2.05) is 35.2 Å². The van der Waals surface area contributed by atoms with Gasteiger partial charge in [0, 0.05) is 13.0 Å². The van der Waals surface area contributed by atoms with E-state index in [0.717, 1.165) is 66.6 Å². The minimum absolute atomic E-state index is 0.121. The zero-order valence-corrected chi connectivity index (χ0v) is 18.4. The molecule has 1 fully saturated rings. The zero-order chi connectivity index (χ0) is 20.8. The maximum atomic E-state index is 13.3. The molecule has 3 aromatic rings. The van der Waals surface area contributed by atoms with Crippen LogP contribution in [0.25, 0.3) is 10.2 Å².